The minimum Gasteiger partial charge on any atom is -0.380 e. The molecule has 0 fully saturated rings. The number of carbonyl (C=O) groups is 1. The van der Waals surface area contributed by atoms with Gasteiger partial charge in [-0.2, -0.15) is 0 Å². The number of benzene rings is 2. The van der Waals surface area contributed by atoms with Crippen molar-refractivity contribution in [2.75, 3.05) is 5.32 Å². The molecule has 2 aromatic carbocycles. The van der Waals surface area contributed by atoms with Gasteiger partial charge in [0.1, 0.15) is 0 Å². The van der Waals surface area contributed by atoms with Crippen molar-refractivity contribution in [3.05, 3.63) is 65.2 Å². The van der Waals surface area contributed by atoms with Crippen molar-refractivity contribution in [3.63, 3.8) is 0 Å². The third-order valence-electron chi connectivity index (χ3n) is 5.75. The number of carbonyl (C=O) groups excluding carboxylic acids is 1. The van der Waals surface area contributed by atoms with Gasteiger partial charge in [-0.05, 0) is 31.9 Å². The maximum Gasteiger partial charge on any atom is 0.165 e. The van der Waals surface area contributed by atoms with Gasteiger partial charge in [0, 0.05) is 29.3 Å². The Morgan fingerprint density at radius 2 is 1.75 bits per heavy atom. The number of nitrogens with zero attached hydrogens (tertiary/aromatic N) is 1. The number of nitrogens with one attached hydrogen (secondary N) is 1. The second-order valence-corrected chi connectivity index (χ2v) is 7.84. The lowest BCUT2D eigenvalue weighted by molar-refractivity contribution is 0.0951. The zero-order valence-electron chi connectivity index (χ0n) is 14.0. The van der Waals surface area contributed by atoms with Crippen molar-refractivity contribution in [2.45, 2.75) is 43.7 Å². The minimum atomic E-state index is -0.206. The number of rotatable bonds is 0. The van der Waals surface area contributed by atoms with Crippen LogP contribution in [0.25, 0.3) is 0 Å². The molecule has 1 N–H and O–H groups in total. The summed E-state index contributed by atoms with van der Waals surface area (Å²) in [4.78, 5) is 17.9. The quantitative estimate of drug-likeness (QED) is 0.799. The zero-order chi connectivity index (χ0) is 16.5. The van der Waals surface area contributed by atoms with Crippen LogP contribution in [0.4, 0.5) is 5.69 Å². The molecule has 0 saturated heterocycles. The van der Waals surface area contributed by atoms with Crippen molar-refractivity contribution >= 4 is 17.2 Å². The van der Waals surface area contributed by atoms with Crippen LogP contribution in [0.15, 0.2) is 53.5 Å². The summed E-state index contributed by atoms with van der Waals surface area (Å²) in [6.07, 6.45) is 1.46. The summed E-state index contributed by atoms with van der Waals surface area (Å²) < 4.78 is 0. The molecular formula is C21H20N2O. The Bertz CT molecular complexity index is 912. The average Bonchev–Trinajstić information content (AvgIpc) is 2.87. The van der Waals surface area contributed by atoms with E-state index in [-0.39, 0.29) is 22.8 Å². The number of hydrogen-bond donors (Lipinski definition) is 1. The molecule has 3 aliphatic rings. The van der Waals surface area contributed by atoms with Gasteiger partial charge in [-0.25, -0.2) is 0 Å². The fourth-order valence-corrected chi connectivity index (χ4v) is 4.97. The van der Waals surface area contributed by atoms with Gasteiger partial charge >= 0.3 is 0 Å². The van der Waals surface area contributed by atoms with E-state index >= 15 is 0 Å². The largest absolute Gasteiger partial charge is 0.380 e. The summed E-state index contributed by atoms with van der Waals surface area (Å²) in [5.41, 5.74) is 5.14. The van der Waals surface area contributed by atoms with Crippen LogP contribution in [0, 0.1) is 0 Å². The molecule has 3 heteroatoms. The molecular weight excluding hydrogens is 296 g/mol. The predicted molar refractivity (Wildman–Crippen MR) is 96.2 cm³/mol. The summed E-state index contributed by atoms with van der Waals surface area (Å²) in [5, 5.41) is 3.67. The standard InChI is InChI=1S/C21H20N2O/c1-20(2)12-21-15-9-5-3-7-13(15)17(24)11-18(21)22-16-10-6-4-8-14(16)19(21)23-20/h3-10,18,22H,11-12H2,1-2H3/t18-,21+/m1/s1. The van der Waals surface area contributed by atoms with E-state index in [4.69, 9.17) is 4.99 Å². The predicted octanol–water partition coefficient (Wildman–Crippen LogP) is 3.98. The van der Waals surface area contributed by atoms with E-state index < -0.39 is 0 Å². The molecule has 24 heavy (non-hydrogen) atoms. The molecule has 2 atom stereocenters. The molecule has 2 aliphatic heterocycles. The second-order valence-electron chi connectivity index (χ2n) is 7.84. The van der Waals surface area contributed by atoms with Crippen molar-refractivity contribution in [1.29, 1.82) is 0 Å². The van der Waals surface area contributed by atoms with Crippen LogP contribution in [-0.4, -0.2) is 23.1 Å². The maximum absolute atomic E-state index is 12.7. The van der Waals surface area contributed by atoms with Crippen molar-refractivity contribution in [1.82, 2.24) is 0 Å². The molecule has 5 rings (SSSR count). The number of Topliss-reactive ketones (excluding diaryl/α,β-unsaturated/α-hetero) is 1. The molecule has 0 radical (unpaired) electrons. The van der Waals surface area contributed by atoms with Gasteiger partial charge in [-0.1, -0.05) is 42.5 Å². The lowest BCUT2D eigenvalue weighted by atomic mass is 9.59. The van der Waals surface area contributed by atoms with Crippen molar-refractivity contribution in [2.24, 2.45) is 4.99 Å². The first kappa shape index (κ1) is 14.0. The zero-order valence-corrected chi connectivity index (χ0v) is 14.0. The van der Waals surface area contributed by atoms with Crippen LogP contribution >= 0.6 is 0 Å². The summed E-state index contributed by atoms with van der Waals surface area (Å²) in [6, 6.07) is 16.6. The highest BCUT2D eigenvalue weighted by Gasteiger charge is 2.58. The highest BCUT2D eigenvalue weighted by Crippen LogP contribution is 2.54. The minimum absolute atomic E-state index is 0.0790. The molecule has 2 aromatic rings. The number of fused-ring (bicyclic) bond motifs is 3. The summed E-state index contributed by atoms with van der Waals surface area (Å²) in [6.45, 7) is 4.40. The maximum atomic E-state index is 12.7. The molecule has 0 bridgehead atoms. The number of aliphatic imine (C=N–C) groups is 1. The normalized spacial score (nSPS) is 28.8. The Balaban J connectivity index is 1.85. The van der Waals surface area contributed by atoms with Gasteiger partial charge in [-0.15, -0.1) is 0 Å². The van der Waals surface area contributed by atoms with E-state index in [0.717, 1.165) is 28.9 Å². The Labute approximate surface area is 141 Å². The van der Waals surface area contributed by atoms with E-state index in [1.165, 1.54) is 5.56 Å². The molecule has 2 heterocycles. The van der Waals surface area contributed by atoms with Crippen LogP contribution in [0.2, 0.25) is 0 Å². The Kier molecular flexibility index (Phi) is 2.53. The molecule has 0 aromatic heterocycles. The number of anilines is 1. The first-order chi connectivity index (χ1) is 11.5. The first-order valence-electron chi connectivity index (χ1n) is 8.60. The highest BCUT2D eigenvalue weighted by molar-refractivity contribution is 6.18. The Hall–Kier alpha value is -2.42. The van der Waals surface area contributed by atoms with Gasteiger partial charge in [0.25, 0.3) is 0 Å². The van der Waals surface area contributed by atoms with Crippen LogP contribution < -0.4 is 5.32 Å². The highest BCUT2D eigenvalue weighted by atomic mass is 16.1. The monoisotopic (exact) mass is 316 g/mol. The van der Waals surface area contributed by atoms with Crippen LogP contribution in [-0.2, 0) is 5.41 Å². The first-order valence-corrected chi connectivity index (χ1v) is 8.60. The number of para-hydroxylation sites is 1. The van der Waals surface area contributed by atoms with Crippen LogP contribution in [0.5, 0.6) is 0 Å². The summed E-state index contributed by atoms with van der Waals surface area (Å²) in [5.74, 6) is 0.233. The van der Waals surface area contributed by atoms with Crippen LogP contribution in [0.3, 0.4) is 0 Å². The Morgan fingerprint density at radius 3 is 2.58 bits per heavy atom. The molecule has 3 nitrogen and oxygen atoms in total. The van der Waals surface area contributed by atoms with Gasteiger partial charge in [0.2, 0.25) is 0 Å². The van der Waals surface area contributed by atoms with Crippen molar-refractivity contribution in [3.8, 4) is 0 Å². The Morgan fingerprint density at radius 1 is 1.04 bits per heavy atom. The molecule has 0 amide bonds. The van der Waals surface area contributed by atoms with E-state index in [0.29, 0.717) is 6.42 Å². The van der Waals surface area contributed by atoms with Gasteiger partial charge in [-0.3, -0.25) is 9.79 Å². The smallest absolute Gasteiger partial charge is 0.165 e. The fraction of sp³-hybridized carbons (Fsp3) is 0.333. The number of ketones is 1. The fourth-order valence-electron chi connectivity index (χ4n) is 4.97. The van der Waals surface area contributed by atoms with Crippen molar-refractivity contribution < 1.29 is 4.79 Å². The summed E-state index contributed by atoms with van der Waals surface area (Å²) in [7, 11) is 0. The third-order valence-corrected chi connectivity index (χ3v) is 5.75. The van der Waals surface area contributed by atoms with Gasteiger partial charge in [0.15, 0.2) is 5.78 Å². The SMILES string of the molecule is CC1(C)C[C@@]23C(=N1)c1ccccc1N[C@@H]2CC(=O)c1ccccc13. The third kappa shape index (κ3) is 1.62. The lowest BCUT2D eigenvalue weighted by Crippen LogP contribution is -2.56. The number of hydrogen-bond acceptors (Lipinski definition) is 3. The van der Waals surface area contributed by atoms with Gasteiger partial charge < -0.3 is 5.32 Å². The molecule has 1 aliphatic carbocycles. The van der Waals surface area contributed by atoms with Gasteiger partial charge in [0.05, 0.1) is 16.7 Å². The molecule has 0 saturated carbocycles. The average molecular weight is 316 g/mol. The second kappa shape index (κ2) is 4.35. The van der Waals surface area contributed by atoms with E-state index in [1.807, 2.05) is 24.3 Å². The van der Waals surface area contributed by atoms with E-state index in [2.05, 4.69) is 43.4 Å². The van der Waals surface area contributed by atoms with Crippen LogP contribution in [0.1, 0.15) is 48.2 Å². The van der Waals surface area contributed by atoms with E-state index in [9.17, 15) is 4.79 Å². The van der Waals surface area contributed by atoms with E-state index in [1.54, 1.807) is 0 Å². The molecule has 120 valence electrons. The molecule has 1 spiro atoms. The lowest BCUT2D eigenvalue weighted by Gasteiger charge is -2.48. The topological polar surface area (TPSA) is 41.5 Å². The summed E-state index contributed by atoms with van der Waals surface area (Å²) >= 11 is 0. The molecule has 0 unspecified atom stereocenters.